The largest absolute Gasteiger partial charge is 0.459 e. The highest BCUT2D eigenvalue weighted by atomic mass is 35.6. The van der Waals surface area contributed by atoms with Crippen molar-refractivity contribution in [3.63, 3.8) is 0 Å². The van der Waals surface area contributed by atoms with Gasteiger partial charge in [0.2, 0.25) is 3.79 Å². The molecule has 2 N–H and O–H groups in total. The molecule has 0 spiro atoms. The van der Waals surface area contributed by atoms with Gasteiger partial charge in [0.05, 0.1) is 16.3 Å². The van der Waals surface area contributed by atoms with E-state index in [0.29, 0.717) is 15.7 Å². The van der Waals surface area contributed by atoms with E-state index in [1.807, 2.05) is 0 Å². The maximum absolute atomic E-state index is 12.0. The van der Waals surface area contributed by atoms with Crippen LogP contribution in [0, 0.1) is 0 Å². The molecule has 0 radical (unpaired) electrons. The molecule has 0 aliphatic carbocycles. The molecule has 1 aromatic carbocycles. The zero-order chi connectivity index (χ0) is 16.3. The summed E-state index contributed by atoms with van der Waals surface area (Å²) < 4.78 is 3.18. The summed E-state index contributed by atoms with van der Waals surface area (Å²) in [5.74, 6) is -0.441. The van der Waals surface area contributed by atoms with Crippen LogP contribution >= 0.6 is 58.0 Å². The number of carbonyl (C=O) groups is 1. The number of carbonyl (C=O) groups excluding carboxylic acids is 1. The smallest absolute Gasteiger partial charge is 0.288 e. The first kappa shape index (κ1) is 17.6. The molecule has 0 aliphatic heterocycles. The van der Waals surface area contributed by atoms with E-state index in [0.717, 1.165) is 0 Å². The number of alkyl halides is 3. The molecule has 0 unspecified atom stereocenters. The van der Waals surface area contributed by atoms with Crippen molar-refractivity contribution in [2.75, 3.05) is 5.32 Å². The number of rotatable bonds is 4. The molecule has 1 atom stereocenters. The average molecular weight is 402 g/mol. The Kier molecular flexibility index (Phi) is 5.75. The summed E-state index contributed by atoms with van der Waals surface area (Å²) in [7, 11) is 0. The Balaban J connectivity index is 2.16. The standard InChI is InChI=1S/C13H9Cl5N2O2/c14-8-4-3-7(6-9(8)15)19-12(13(16,17)18)20-11(21)10-2-1-5-22-10/h1-6,12,19H,(H,20,21)/t12-/m0/s1. The predicted molar refractivity (Wildman–Crippen MR) is 90.3 cm³/mol. The van der Waals surface area contributed by atoms with Crippen LogP contribution < -0.4 is 10.6 Å². The van der Waals surface area contributed by atoms with Gasteiger partial charge in [0.25, 0.3) is 5.91 Å². The molecule has 2 rings (SSSR count). The van der Waals surface area contributed by atoms with E-state index in [-0.39, 0.29) is 5.76 Å². The fraction of sp³-hybridized carbons (Fsp3) is 0.154. The molecule has 0 aliphatic rings. The van der Waals surface area contributed by atoms with Crippen molar-refractivity contribution >= 4 is 69.6 Å². The Labute approximate surface area is 151 Å². The van der Waals surface area contributed by atoms with Crippen molar-refractivity contribution in [2.24, 2.45) is 0 Å². The van der Waals surface area contributed by atoms with E-state index < -0.39 is 15.9 Å². The van der Waals surface area contributed by atoms with Crippen LogP contribution in [-0.2, 0) is 0 Å². The third-order valence-electron chi connectivity index (χ3n) is 2.58. The van der Waals surface area contributed by atoms with Gasteiger partial charge in [-0.05, 0) is 30.3 Å². The van der Waals surface area contributed by atoms with E-state index in [1.54, 1.807) is 24.3 Å². The number of benzene rings is 1. The monoisotopic (exact) mass is 400 g/mol. The lowest BCUT2D eigenvalue weighted by molar-refractivity contribution is 0.0914. The highest BCUT2D eigenvalue weighted by Gasteiger charge is 2.34. The van der Waals surface area contributed by atoms with Gasteiger partial charge in [-0.3, -0.25) is 4.79 Å². The van der Waals surface area contributed by atoms with Crippen molar-refractivity contribution in [3.8, 4) is 0 Å². The molecule has 0 bridgehead atoms. The van der Waals surface area contributed by atoms with Crippen LogP contribution in [0.25, 0.3) is 0 Å². The number of hydrogen-bond donors (Lipinski definition) is 2. The third-order valence-corrected chi connectivity index (χ3v) is 3.97. The molecule has 9 heteroatoms. The van der Waals surface area contributed by atoms with Gasteiger partial charge in [-0.2, -0.15) is 0 Å². The van der Waals surface area contributed by atoms with Crippen molar-refractivity contribution in [2.45, 2.75) is 9.96 Å². The second-order valence-corrected chi connectivity index (χ2v) is 7.38. The van der Waals surface area contributed by atoms with Gasteiger partial charge in [-0.15, -0.1) is 0 Å². The topological polar surface area (TPSA) is 54.3 Å². The Morgan fingerprint density at radius 2 is 1.86 bits per heavy atom. The number of anilines is 1. The van der Waals surface area contributed by atoms with Gasteiger partial charge in [0.15, 0.2) is 5.76 Å². The minimum absolute atomic E-state index is 0.0928. The van der Waals surface area contributed by atoms with E-state index in [1.165, 1.54) is 12.3 Å². The molecule has 0 fully saturated rings. The van der Waals surface area contributed by atoms with Crippen LogP contribution in [0.5, 0.6) is 0 Å². The van der Waals surface area contributed by atoms with Crippen LogP contribution in [0.15, 0.2) is 41.0 Å². The maximum Gasteiger partial charge on any atom is 0.288 e. The molecule has 1 amide bonds. The maximum atomic E-state index is 12.0. The van der Waals surface area contributed by atoms with Gasteiger partial charge >= 0.3 is 0 Å². The number of nitrogens with one attached hydrogen (secondary N) is 2. The van der Waals surface area contributed by atoms with E-state index in [2.05, 4.69) is 10.6 Å². The summed E-state index contributed by atoms with van der Waals surface area (Å²) in [6, 6.07) is 7.83. The molecular weight excluding hydrogens is 393 g/mol. The Hall–Kier alpha value is -0.780. The number of hydrogen-bond acceptors (Lipinski definition) is 3. The van der Waals surface area contributed by atoms with Crippen LogP contribution in [0.4, 0.5) is 5.69 Å². The lowest BCUT2D eigenvalue weighted by Gasteiger charge is -2.27. The van der Waals surface area contributed by atoms with Crippen LogP contribution in [0.2, 0.25) is 10.0 Å². The van der Waals surface area contributed by atoms with Crippen LogP contribution in [0.1, 0.15) is 10.6 Å². The molecule has 1 heterocycles. The summed E-state index contributed by atoms with van der Waals surface area (Å²) in [6.07, 6.45) is 0.346. The number of halogens is 5. The second-order valence-electron chi connectivity index (χ2n) is 4.20. The molecule has 4 nitrogen and oxygen atoms in total. The fourth-order valence-electron chi connectivity index (χ4n) is 1.56. The van der Waals surface area contributed by atoms with Crippen molar-refractivity contribution < 1.29 is 9.21 Å². The normalized spacial score (nSPS) is 12.8. The predicted octanol–water partition coefficient (Wildman–Crippen LogP) is 5.12. The Bertz CT molecular complexity index is 655. The first-order valence-corrected chi connectivity index (χ1v) is 7.79. The highest BCUT2D eigenvalue weighted by molar-refractivity contribution is 6.68. The first-order valence-electron chi connectivity index (χ1n) is 5.90. The first-order chi connectivity index (χ1) is 10.3. The third kappa shape index (κ3) is 4.61. The lowest BCUT2D eigenvalue weighted by atomic mass is 10.3. The summed E-state index contributed by atoms with van der Waals surface area (Å²) in [4.78, 5) is 12.0. The Morgan fingerprint density at radius 3 is 2.41 bits per heavy atom. The minimum Gasteiger partial charge on any atom is -0.459 e. The average Bonchev–Trinajstić information content (AvgIpc) is 2.95. The SMILES string of the molecule is O=C(N[C@H](Nc1ccc(Cl)c(Cl)c1)C(Cl)(Cl)Cl)c1ccco1. The van der Waals surface area contributed by atoms with E-state index in [4.69, 9.17) is 62.4 Å². The van der Waals surface area contributed by atoms with Crippen molar-refractivity contribution in [1.82, 2.24) is 5.32 Å². The molecule has 1 aromatic heterocycles. The van der Waals surface area contributed by atoms with E-state index in [9.17, 15) is 4.79 Å². The second kappa shape index (κ2) is 7.20. The number of amides is 1. The molecule has 118 valence electrons. The minimum atomic E-state index is -1.81. The van der Waals surface area contributed by atoms with E-state index >= 15 is 0 Å². The fourth-order valence-corrected chi connectivity index (χ4v) is 2.19. The summed E-state index contributed by atoms with van der Waals surface area (Å²) in [6.45, 7) is 0. The summed E-state index contributed by atoms with van der Waals surface area (Å²) >= 11 is 29.4. The zero-order valence-corrected chi connectivity index (χ0v) is 14.5. The molecule has 0 saturated heterocycles. The van der Waals surface area contributed by atoms with Crippen molar-refractivity contribution in [3.05, 3.63) is 52.4 Å². The van der Waals surface area contributed by atoms with Crippen LogP contribution in [-0.4, -0.2) is 15.9 Å². The quantitative estimate of drug-likeness (QED) is 0.551. The highest BCUT2D eigenvalue weighted by Crippen LogP contribution is 2.32. The summed E-state index contributed by atoms with van der Waals surface area (Å²) in [5, 5.41) is 6.11. The van der Waals surface area contributed by atoms with Gasteiger partial charge in [-0.25, -0.2) is 0 Å². The number of furan rings is 1. The van der Waals surface area contributed by atoms with Gasteiger partial charge in [0.1, 0.15) is 6.17 Å². The summed E-state index contributed by atoms with van der Waals surface area (Å²) in [5.41, 5.74) is 0.519. The van der Waals surface area contributed by atoms with Crippen molar-refractivity contribution in [1.29, 1.82) is 0 Å². The molecule has 22 heavy (non-hydrogen) atoms. The lowest BCUT2D eigenvalue weighted by Crippen LogP contribution is -2.49. The molecule has 2 aromatic rings. The molecular formula is C13H9Cl5N2O2. The van der Waals surface area contributed by atoms with Gasteiger partial charge in [-0.1, -0.05) is 58.0 Å². The Morgan fingerprint density at radius 1 is 1.14 bits per heavy atom. The van der Waals surface area contributed by atoms with Crippen LogP contribution in [0.3, 0.4) is 0 Å². The molecule has 0 saturated carbocycles. The zero-order valence-electron chi connectivity index (χ0n) is 10.7. The van der Waals surface area contributed by atoms with Gasteiger partial charge in [0, 0.05) is 5.69 Å². The van der Waals surface area contributed by atoms with Gasteiger partial charge < -0.3 is 15.1 Å².